The van der Waals surface area contributed by atoms with Crippen LogP contribution in [0.15, 0.2) is 29.2 Å². The zero-order valence-electron chi connectivity index (χ0n) is 12.6. The summed E-state index contributed by atoms with van der Waals surface area (Å²) in [6, 6.07) is 7.39. The lowest BCUT2D eigenvalue weighted by Gasteiger charge is -2.21. The highest BCUT2D eigenvalue weighted by molar-refractivity contribution is 7.92. The number of hydrogen-bond donors (Lipinski definition) is 2. The van der Waals surface area contributed by atoms with Crippen LogP contribution in [0, 0.1) is 13.8 Å². The van der Waals surface area contributed by atoms with Crippen molar-refractivity contribution in [3.63, 3.8) is 0 Å². The van der Waals surface area contributed by atoms with Crippen LogP contribution in [-0.2, 0) is 16.6 Å². The maximum absolute atomic E-state index is 12.9. The first-order chi connectivity index (χ1) is 9.89. The average Bonchev–Trinajstić information content (AvgIpc) is 2.80. The zero-order chi connectivity index (χ0) is 15.6. The minimum Gasteiger partial charge on any atom is -0.314 e. The van der Waals surface area contributed by atoms with E-state index >= 15 is 0 Å². The van der Waals surface area contributed by atoms with Crippen LogP contribution in [0.4, 0.5) is 5.69 Å². The number of rotatable bonds is 5. The Morgan fingerprint density at radius 1 is 1.29 bits per heavy atom. The van der Waals surface area contributed by atoms with Gasteiger partial charge >= 0.3 is 0 Å². The summed E-state index contributed by atoms with van der Waals surface area (Å²) in [7, 11) is -0.337. The van der Waals surface area contributed by atoms with Crippen molar-refractivity contribution in [2.24, 2.45) is 0 Å². The van der Waals surface area contributed by atoms with Crippen LogP contribution in [0.5, 0.6) is 0 Å². The smallest absolute Gasteiger partial charge is 0.267 e. The van der Waals surface area contributed by atoms with E-state index in [0.29, 0.717) is 23.6 Å². The van der Waals surface area contributed by atoms with Crippen LogP contribution < -0.4 is 9.62 Å². The van der Waals surface area contributed by atoms with E-state index in [1.54, 1.807) is 27.1 Å². The predicted molar refractivity (Wildman–Crippen MR) is 82.9 cm³/mol. The van der Waals surface area contributed by atoms with E-state index in [1.165, 1.54) is 4.31 Å². The molecule has 2 aromatic rings. The van der Waals surface area contributed by atoms with Crippen molar-refractivity contribution < 1.29 is 8.42 Å². The number of sulfonamides is 1. The summed E-state index contributed by atoms with van der Waals surface area (Å²) in [6.45, 7) is 3.99. The molecule has 0 unspecified atom stereocenters. The molecule has 7 heteroatoms. The van der Waals surface area contributed by atoms with Crippen molar-refractivity contribution in [1.82, 2.24) is 15.5 Å². The third kappa shape index (κ3) is 2.79. The fraction of sp³-hybridized carbons (Fsp3) is 0.357. The van der Waals surface area contributed by atoms with Gasteiger partial charge in [0.1, 0.15) is 4.90 Å². The first-order valence-electron chi connectivity index (χ1n) is 6.62. The van der Waals surface area contributed by atoms with Gasteiger partial charge in [-0.15, -0.1) is 0 Å². The van der Waals surface area contributed by atoms with E-state index in [-0.39, 0.29) is 4.90 Å². The van der Waals surface area contributed by atoms with Gasteiger partial charge in [-0.2, -0.15) is 5.10 Å². The molecule has 0 aliphatic heterocycles. The molecule has 21 heavy (non-hydrogen) atoms. The summed E-state index contributed by atoms with van der Waals surface area (Å²) >= 11 is 0. The third-order valence-corrected chi connectivity index (χ3v) is 5.35. The molecule has 0 saturated carbocycles. The number of H-pyrrole nitrogens is 1. The molecule has 114 valence electrons. The van der Waals surface area contributed by atoms with E-state index in [0.717, 1.165) is 5.56 Å². The SMILES string of the molecule is CNCc1n[nH]c(C)c1S(=O)(=O)N(C)c1ccccc1C. The Morgan fingerprint density at radius 3 is 2.57 bits per heavy atom. The van der Waals surface area contributed by atoms with Crippen molar-refractivity contribution in [3.05, 3.63) is 41.2 Å². The second-order valence-corrected chi connectivity index (χ2v) is 6.82. The normalized spacial score (nSPS) is 11.6. The highest BCUT2D eigenvalue weighted by Crippen LogP contribution is 2.27. The van der Waals surface area contributed by atoms with Gasteiger partial charge in [0.15, 0.2) is 0 Å². The quantitative estimate of drug-likeness (QED) is 0.879. The molecule has 2 N–H and O–H groups in total. The van der Waals surface area contributed by atoms with E-state index in [2.05, 4.69) is 15.5 Å². The number of nitrogens with one attached hydrogen (secondary N) is 2. The number of benzene rings is 1. The van der Waals surface area contributed by atoms with Crippen molar-refractivity contribution in [1.29, 1.82) is 0 Å². The molecule has 0 aliphatic carbocycles. The van der Waals surface area contributed by atoms with Crippen LogP contribution in [0.2, 0.25) is 0 Å². The van der Waals surface area contributed by atoms with Gasteiger partial charge in [-0.3, -0.25) is 9.40 Å². The first kappa shape index (κ1) is 15.5. The number of anilines is 1. The molecule has 0 spiro atoms. The molecule has 0 fully saturated rings. The standard InChI is InChI=1S/C14H20N4O2S/c1-10-7-5-6-8-13(10)18(4)21(19,20)14-11(2)16-17-12(14)9-15-3/h5-8,15H,9H2,1-4H3,(H,16,17). The average molecular weight is 308 g/mol. The van der Waals surface area contributed by atoms with Crippen molar-refractivity contribution in [2.45, 2.75) is 25.3 Å². The van der Waals surface area contributed by atoms with E-state index in [1.807, 2.05) is 25.1 Å². The monoisotopic (exact) mass is 308 g/mol. The summed E-state index contributed by atoms with van der Waals surface area (Å²) in [6.07, 6.45) is 0. The van der Waals surface area contributed by atoms with Crippen LogP contribution in [0.3, 0.4) is 0 Å². The number of nitrogens with zero attached hydrogens (tertiary/aromatic N) is 2. The molecular formula is C14H20N4O2S. The molecule has 6 nitrogen and oxygen atoms in total. The van der Waals surface area contributed by atoms with Crippen molar-refractivity contribution >= 4 is 15.7 Å². The van der Waals surface area contributed by atoms with Gasteiger partial charge in [0.25, 0.3) is 10.0 Å². The fourth-order valence-electron chi connectivity index (χ4n) is 2.28. The molecule has 2 rings (SSSR count). The highest BCUT2D eigenvalue weighted by atomic mass is 32.2. The minimum absolute atomic E-state index is 0.239. The highest BCUT2D eigenvalue weighted by Gasteiger charge is 2.29. The van der Waals surface area contributed by atoms with Crippen molar-refractivity contribution in [2.75, 3.05) is 18.4 Å². The zero-order valence-corrected chi connectivity index (χ0v) is 13.5. The Balaban J connectivity index is 2.52. The minimum atomic E-state index is -3.66. The van der Waals surface area contributed by atoms with E-state index in [4.69, 9.17) is 0 Å². The molecule has 0 radical (unpaired) electrons. The maximum atomic E-state index is 12.9. The van der Waals surface area contributed by atoms with Gasteiger partial charge in [0.05, 0.1) is 17.1 Å². The van der Waals surface area contributed by atoms with Crippen molar-refractivity contribution in [3.8, 4) is 0 Å². The number of aryl methyl sites for hydroxylation is 2. The third-order valence-electron chi connectivity index (χ3n) is 3.38. The van der Waals surface area contributed by atoms with Gasteiger partial charge in [-0.05, 0) is 32.5 Å². The topological polar surface area (TPSA) is 78.1 Å². The Labute approximate surface area is 125 Å². The fourth-order valence-corrected chi connectivity index (χ4v) is 3.87. The van der Waals surface area contributed by atoms with Crippen LogP contribution in [-0.4, -0.2) is 32.7 Å². The van der Waals surface area contributed by atoms with Crippen LogP contribution in [0.25, 0.3) is 0 Å². The molecule has 0 aliphatic rings. The van der Waals surface area contributed by atoms with Crippen LogP contribution in [0.1, 0.15) is 17.0 Å². The molecular weight excluding hydrogens is 288 g/mol. The Hall–Kier alpha value is -1.86. The summed E-state index contributed by atoms with van der Waals surface area (Å²) in [5.74, 6) is 0. The number of hydrogen-bond acceptors (Lipinski definition) is 4. The van der Waals surface area contributed by atoms with E-state index in [9.17, 15) is 8.42 Å². The molecule has 0 bridgehead atoms. The van der Waals surface area contributed by atoms with Gasteiger partial charge in [-0.1, -0.05) is 18.2 Å². The number of para-hydroxylation sites is 1. The number of aromatic nitrogens is 2. The van der Waals surface area contributed by atoms with Gasteiger partial charge < -0.3 is 5.32 Å². The Bertz CT molecular complexity index is 737. The van der Waals surface area contributed by atoms with Gasteiger partial charge in [0.2, 0.25) is 0 Å². The molecule has 1 aromatic carbocycles. The Morgan fingerprint density at radius 2 is 1.95 bits per heavy atom. The summed E-state index contributed by atoms with van der Waals surface area (Å²) in [5, 5.41) is 9.76. The Kier molecular flexibility index (Phi) is 4.34. The van der Waals surface area contributed by atoms with Gasteiger partial charge in [-0.25, -0.2) is 8.42 Å². The largest absolute Gasteiger partial charge is 0.314 e. The second kappa shape index (κ2) is 5.87. The summed E-state index contributed by atoms with van der Waals surface area (Å²) in [5.41, 5.74) is 2.60. The molecule has 0 atom stereocenters. The second-order valence-electron chi connectivity index (χ2n) is 4.91. The first-order valence-corrected chi connectivity index (χ1v) is 8.06. The number of aromatic amines is 1. The summed E-state index contributed by atoms with van der Waals surface area (Å²) < 4.78 is 27.1. The molecule has 0 amide bonds. The van der Waals surface area contributed by atoms with Crippen LogP contribution >= 0.6 is 0 Å². The lowest BCUT2D eigenvalue weighted by atomic mass is 10.2. The lowest BCUT2D eigenvalue weighted by Crippen LogP contribution is -2.28. The maximum Gasteiger partial charge on any atom is 0.267 e. The predicted octanol–water partition coefficient (Wildman–Crippen LogP) is 1.57. The van der Waals surface area contributed by atoms with E-state index < -0.39 is 10.0 Å². The summed E-state index contributed by atoms with van der Waals surface area (Å²) in [4.78, 5) is 0.239. The lowest BCUT2D eigenvalue weighted by molar-refractivity contribution is 0.591. The van der Waals surface area contributed by atoms with Gasteiger partial charge in [0, 0.05) is 13.6 Å². The molecule has 1 heterocycles. The molecule has 0 saturated heterocycles. The molecule has 1 aromatic heterocycles.